The van der Waals surface area contributed by atoms with Gasteiger partial charge in [0.15, 0.2) is 11.5 Å². The van der Waals surface area contributed by atoms with Crippen molar-refractivity contribution in [3.8, 4) is 28.4 Å². The van der Waals surface area contributed by atoms with Crippen molar-refractivity contribution in [1.82, 2.24) is 15.3 Å². The summed E-state index contributed by atoms with van der Waals surface area (Å²) in [6, 6.07) is 22.2. The summed E-state index contributed by atoms with van der Waals surface area (Å²) in [5.74, 6) is 2.70. The van der Waals surface area contributed by atoms with Gasteiger partial charge in [-0.2, -0.15) is 4.98 Å². The fourth-order valence-electron chi connectivity index (χ4n) is 5.10. The minimum absolute atomic E-state index is 0.0594. The molecular weight excluding hydrogens is 645 g/mol. The SMILES string of the molecule is COc1cc(Nc2nccc(N3CCC[C@H](C(=O)NCc4cccc(-c5ccc(I)cc5)c4)C3)n2)cc(OC)c1OC. The van der Waals surface area contributed by atoms with Crippen LogP contribution in [-0.2, 0) is 11.3 Å². The van der Waals surface area contributed by atoms with E-state index in [9.17, 15) is 4.79 Å². The minimum atomic E-state index is -0.125. The lowest BCUT2D eigenvalue weighted by Gasteiger charge is -2.33. The molecule has 0 spiro atoms. The Morgan fingerprint density at radius 3 is 2.45 bits per heavy atom. The van der Waals surface area contributed by atoms with E-state index in [1.807, 2.05) is 18.2 Å². The summed E-state index contributed by atoms with van der Waals surface area (Å²) in [5.41, 5.74) is 4.08. The van der Waals surface area contributed by atoms with Gasteiger partial charge >= 0.3 is 0 Å². The molecule has 0 aliphatic carbocycles. The van der Waals surface area contributed by atoms with E-state index in [-0.39, 0.29) is 11.8 Å². The molecule has 1 aromatic heterocycles. The standard InChI is InChI=1S/C32H34IN5O4/c1-40-27-17-26(18-28(41-2)30(27)42-3)36-32-34-14-13-29(37-32)38-15-5-8-24(20-38)31(39)35-19-21-6-4-7-23(16-21)22-9-11-25(33)12-10-22/h4,6-7,9-14,16-18,24H,5,8,15,19-20H2,1-3H3,(H,35,39)(H,34,36,37)/t24-/m0/s1. The zero-order valence-electron chi connectivity index (χ0n) is 23.9. The Bertz CT molecular complexity index is 1510. The van der Waals surface area contributed by atoms with Gasteiger partial charge in [-0.1, -0.05) is 30.3 Å². The van der Waals surface area contributed by atoms with Crippen LogP contribution >= 0.6 is 22.6 Å². The molecule has 10 heteroatoms. The van der Waals surface area contributed by atoms with Crippen LogP contribution in [-0.4, -0.2) is 50.3 Å². The number of anilines is 3. The molecule has 9 nitrogen and oxygen atoms in total. The summed E-state index contributed by atoms with van der Waals surface area (Å²) in [5, 5.41) is 6.39. The predicted octanol–water partition coefficient (Wildman–Crippen LogP) is 6.05. The van der Waals surface area contributed by atoms with Crippen molar-refractivity contribution < 1.29 is 19.0 Å². The lowest BCUT2D eigenvalue weighted by Crippen LogP contribution is -2.43. The van der Waals surface area contributed by atoms with Gasteiger partial charge in [0.2, 0.25) is 17.6 Å². The number of benzene rings is 3. The summed E-state index contributed by atoms with van der Waals surface area (Å²) in [4.78, 5) is 24.5. The third-order valence-corrected chi connectivity index (χ3v) is 7.97. The number of methoxy groups -OCH3 is 3. The number of hydrogen-bond donors (Lipinski definition) is 2. The van der Waals surface area contributed by atoms with Crippen molar-refractivity contribution >= 4 is 46.0 Å². The van der Waals surface area contributed by atoms with Crippen LogP contribution in [0.25, 0.3) is 11.1 Å². The second-order valence-corrected chi connectivity index (χ2v) is 11.2. The molecule has 1 atom stereocenters. The molecule has 2 heterocycles. The number of halogens is 1. The molecule has 2 N–H and O–H groups in total. The minimum Gasteiger partial charge on any atom is -0.493 e. The van der Waals surface area contributed by atoms with Gasteiger partial charge in [0.05, 0.1) is 27.2 Å². The molecule has 0 bridgehead atoms. The molecular formula is C32H34IN5O4. The zero-order chi connectivity index (χ0) is 29.5. The Hall–Kier alpha value is -4.06. The first-order valence-electron chi connectivity index (χ1n) is 13.7. The van der Waals surface area contributed by atoms with Gasteiger partial charge in [-0.05, 0) is 76.4 Å². The van der Waals surface area contributed by atoms with Crippen LogP contribution in [0.5, 0.6) is 17.2 Å². The Kier molecular flexibility index (Phi) is 9.63. The summed E-state index contributed by atoms with van der Waals surface area (Å²) in [6.45, 7) is 1.90. The molecule has 0 unspecified atom stereocenters. The number of ether oxygens (including phenoxy) is 3. The molecule has 4 aromatic rings. The molecule has 5 rings (SSSR count). The highest BCUT2D eigenvalue weighted by Crippen LogP contribution is 2.40. The Morgan fingerprint density at radius 2 is 1.74 bits per heavy atom. The molecule has 218 valence electrons. The summed E-state index contributed by atoms with van der Waals surface area (Å²) < 4.78 is 17.5. The van der Waals surface area contributed by atoms with Gasteiger partial charge in [0.25, 0.3) is 0 Å². The van der Waals surface area contributed by atoms with Gasteiger partial charge in [0, 0.05) is 47.2 Å². The maximum Gasteiger partial charge on any atom is 0.229 e. The van der Waals surface area contributed by atoms with Gasteiger partial charge in [-0.15, -0.1) is 0 Å². The number of carbonyl (C=O) groups excluding carboxylic acids is 1. The Balaban J connectivity index is 1.22. The monoisotopic (exact) mass is 679 g/mol. The average Bonchev–Trinajstić information content (AvgIpc) is 3.03. The molecule has 1 saturated heterocycles. The molecule has 1 aliphatic heterocycles. The second-order valence-electron chi connectivity index (χ2n) is 9.99. The van der Waals surface area contributed by atoms with E-state index in [1.165, 1.54) is 3.57 Å². The number of piperidine rings is 1. The molecule has 1 fully saturated rings. The highest BCUT2D eigenvalue weighted by molar-refractivity contribution is 14.1. The molecule has 0 saturated carbocycles. The van der Waals surface area contributed by atoms with Crippen molar-refractivity contribution in [2.75, 3.05) is 44.6 Å². The quantitative estimate of drug-likeness (QED) is 0.196. The van der Waals surface area contributed by atoms with Gasteiger partial charge in [-0.25, -0.2) is 4.98 Å². The average molecular weight is 680 g/mol. The van der Waals surface area contributed by atoms with Crippen molar-refractivity contribution in [2.24, 2.45) is 5.92 Å². The van der Waals surface area contributed by atoms with Gasteiger partial charge in [0.1, 0.15) is 5.82 Å². The van der Waals surface area contributed by atoms with Crippen molar-refractivity contribution in [1.29, 1.82) is 0 Å². The van der Waals surface area contributed by atoms with Crippen molar-refractivity contribution in [2.45, 2.75) is 19.4 Å². The third-order valence-electron chi connectivity index (χ3n) is 7.25. The first kappa shape index (κ1) is 29.4. The lowest BCUT2D eigenvalue weighted by atomic mass is 9.97. The topological polar surface area (TPSA) is 97.8 Å². The molecule has 1 aliphatic rings. The van der Waals surface area contributed by atoms with Crippen molar-refractivity contribution in [3.05, 3.63) is 82.1 Å². The van der Waals surface area contributed by atoms with Crippen LogP contribution in [0.1, 0.15) is 18.4 Å². The predicted molar refractivity (Wildman–Crippen MR) is 173 cm³/mol. The zero-order valence-corrected chi connectivity index (χ0v) is 26.1. The number of aromatic nitrogens is 2. The molecule has 3 aromatic carbocycles. The molecule has 42 heavy (non-hydrogen) atoms. The number of nitrogens with zero attached hydrogens (tertiary/aromatic N) is 3. The lowest BCUT2D eigenvalue weighted by molar-refractivity contribution is -0.125. The van der Waals surface area contributed by atoms with Crippen molar-refractivity contribution in [3.63, 3.8) is 0 Å². The third kappa shape index (κ3) is 7.04. The van der Waals surface area contributed by atoms with Crippen LogP contribution < -0.4 is 29.7 Å². The van der Waals surface area contributed by atoms with E-state index in [4.69, 9.17) is 19.2 Å². The Labute approximate surface area is 259 Å². The fourth-order valence-corrected chi connectivity index (χ4v) is 5.46. The molecule has 1 amide bonds. The normalized spacial score (nSPS) is 14.7. The van der Waals surface area contributed by atoms with Gasteiger partial charge in [-0.3, -0.25) is 4.79 Å². The smallest absolute Gasteiger partial charge is 0.229 e. The fraction of sp³-hybridized carbons (Fsp3) is 0.281. The second kappa shape index (κ2) is 13.7. The van der Waals surface area contributed by atoms with Gasteiger partial charge < -0.3 is 29.7 Å². The maximum absolute atomic E-state index is 13.2. The van der Waals surface area contributed by atoms with E-state index >= 15 is 0 Å². The van der Waals surface area contributed by atoms with E-state index in [2.05, 4.69) is 79.5 Å². The Morgan fingerprint density at radius 1 is 0.976 bits per heavy atom. The highest BCUT2D eigenvalue weighted by atomic mass is 127. The highest BCUT2D eigenvalue weighted by Gasteiger charge is 2.27. The molecule has 0 radical (unpaired) electrons. The summed E-state index contributed by atoms with van der Waals surface area (Å²) in [6.07, 6.45) is 3.46. The first-order valence-corrected chi connectivity index (χ1v) is 14.8. The van der Waals surface area contributed by atoms with Crippen LogP contribution in [0.4, 0.5) is 17.5 Å². The number of rotatable bonds is 10. The largest absolute Gasteiger partial charge is 0.493 e. The number of amides is 1. The van der Waals surface area contributed by atoms with E-state index in [1.54, 1.807) is 39.7 Å². The van der Waals surface area contributed by atoms with Crippen LogP contribution in [0.15, 0.2) is 72.9 Å². The van der Waals surface area contributed by atoms with E-state index < -0.39 is 0 Å². The van der Waals surface area contributed by atoms with E-state index in [0.29, 0.717) is 42.0 Å². The van der Waals surface area contributed by atoms with Crippen LogP contribution in [0.3, 0.4) is 0 Å². The summed E-state index contributed by atoms with van der Waals surface area (Å²) in [7, 11) is 4.71. The van der Waals surface area contributed by atoms with Crippen LogP contribution in [0.2, 0.25) is 0 Å². The maximum atomic E-state index is 13.2. The van der Waals surface area contributed by atoms with Crippen LogP contribution in [0, 0.1) is 9.49 Å². The first-order chi connectivity index (χ1) is 20.5. The number of hydrogen-bond acceptors (Lipinski definition) is 8. The number of nitrogens with one attached hydrogen (secondary N) is 2. The van der Waals surface area contributed by atoms with E-state index in [0.717, 1.165) is 41.9 Å². The number of carbonyl (C=O) groups is 1. The summed E-state index contributed by atoms with van der Waals surface area (Å²) >= 11 is 2.31.